The molecule has 3 N–H and O–H groups in total. The van der Waals surface area contributed by atoms with Gasteiger partial charge < -0.3 is 11.1 Å². The van der Waals surface area contributed by atoms with Gasteiger partial charge in [0, 0.05) is 13.0 Å². The van der Waals surface area contributed by atoms with E-state index in [0.717, 1.165) is 0 Å². The van der Waals surface area contributed by atoms with Crippen LogP contribution >= 0.6 is 23.2 Å². The minimum absolute atomic E-state index is 0.0964. The van der Waals surface area contributed by atoms with Crippen LogP contribution in [0.25, 0.3) is 0 Å². The van der Waals surface area contributed by atoms with Crippen molar-refractivity contribution in [2.24, 2.45) is 5.73 Å². The van der Waals surface area contributed by atoms with Crippen molar-refractivity contribution in [3.63, 3.8) is 0 Å². The maximum absolute atomic E-state index is 11.7. The summed E-state index contributed by atoms with van der Waals surface area (Å²) in [4.78, 5) is 26.0. The molecular weight excluding hydrogens is 277 g/mol. The van der Waals surface area contributed by atoms with Crippen molar-refractivity contribution >= 4 is 35.0 Å². The Balaban J connectivity index is 2.41. The van der Waals surface area contributed by atoms with Gasteiger partial charge in [0.1, 0.15) is 10.8 Å². The van der Waals surface area contributed by atoms with Gasteiger partial charge in [0.2, 0.25) is 5.91 Å². The minimum atomic E-state index is -0.387. The number of carbonyl (C=O) groups is 2. The third-order valence-corrected chi connectivity index (χ3v) is 2.68. The third kappa shape index (κ3) is 4.89. The molecule has 1 heterocycles. The number of rotatable bonds is 6. The van der Waals surface area contributed by atoms with Crippen LogP contribution in [0, 0.1) is 0 Å². The fourth-order valence-corrected chi connectivity index (χ4v) is 1.63. The summed E-state index contributed by atoms with van der Waals surface area (Å²) in [6.07, 6.45) is 1.60. The molecule has 0 radical (unpaired) electrons. The average molecular weight is 290 g/mol. The Bertz CT molecular complexity index is 452. The lowest BCUT2D eigenvalue weighted by atomic mass is 10.2. The maximum atomic E-state index is 11.7. The molecule has 0 aliphatic rings. The number of carbonyl (C=O) groups excluding carboxylic acids is 2. The summed E-state index contributed by atoms with van der Waals surface area (Å²) in [6, 6.07) is 3.02. The van der Waals surface area contributed by atoms with E-state index < -0.39 is 0 Å². The van der Waals surface area contributed by atoms with Gasteiger partial charge in [-0.3, -0.25) is 9.59 Å². The smallest absolute Gasteiger partial charge is 0.271 e. The monoisotopic (exact) mass is 289 g/mol. The van der Waals surface area contributed by atoms with Crippen LogP contribution in [-0.2, 0) is 4.79 Å². The van der Waals surface area contributed by atoms with E-state index in [2.05, 4.69) is 10.3 Å². The molecule has 1 rings (SSSR count). The number of unbranched alkanes of at least 4 members (excludes halogenated alkanes) is 1. The first-order chi connectivity index (χ1) is 8.50. The summed E-state index contributed by atoms with van der Waals surface area (Å²) in [7, 11) is 0. The zero-order valence-electron chi connectivity index (χ0n) is 9.58. The number of hydrogen-bond donors (Lipinski definition) is 2. The van der Waals surface area contributed by atoms with Gasteiger partial charge in [-0.05, 0) is 25.0 Å². The zero-order chi connectivity index (χ0) is 13.5. The van der Waals surface area contributed by atoms with Crippen LogP contribution in [0.4, 0.5) is 0 Å². The van der Waals surface area contributed by atoms with Gasteiger partial charge >= 0.3 is 0 Å². The molecule has 5 nitrogen and oxygen atoms in total. The number of aromatic nitrogens is 1. The molecule has 0 aromatic carbocycles. The molecule has 98 valence electrons. The lowest BCUT2D eigenvalue weighted by molar-refractivity contribution is -0.118. The SMILES string of the molecule is NC(=O)CCCCNC(=O)c1nc(Cl)ccc1Cl. The molecule has 1 aromatic rings. The van der Waals surface area contributed by atoms with E-state index in [0.29, 0.717) is 25.8 Å². The molecule has 7 heteroatoms. The fraction of sp³-hybridized carbons (Fsp3) is 0.364. The van der Waals surface area contributed by atoms with Crippen LogP contribution in [0.5, 0.6) is 0 Å². The van der Waals surface area contributed by atoms with Crippen LogP contribution < -0.4 is 11.1 Å². The quantitative estimate of drug-likeness (QED) is 0.618. The van der Waals surface area contributed by atoms with Gasteiger partial charge in [0.05, 0.1) is 5.02 Å². The van der Waals surface area contributed by atoms with E-state index in [1.54, 1.807) is 0 Å². The molecule has 0 atom stereocenters. The summed E-state index contributed by atoms with van der Waals surface area (Å²) < 4.78 is 0. The Hall–Kier alpha value is -1.33. The van der Waals surface area contributed by atoms with Crippen LogP contribution in [0.2, 0.25) is 10.2 Å². The van der Waals surface area contributed by atoms with Crippen LogP contribution in [0.1, 0.15) is 29.8 Å². The second-order valence-corrected chi connectivity index (χ2v) is 4.44. The molecule has 18 heavy (non-hydrogen) atoms. The number of hydrogen-bond acceptors (Lipinski definition) is 3. The number of pyridine rings is 1. The second kappa shape index (κ2) is 7.18. The Kier molecular flexibility index (Phi) is 5.88. The lowest BCUT2D eigenvalue weighted by Crippen LogP contribution is -2.26. The average Bonchev–Trinajstić information content (AvgIpc) is 2.31. The first-order valence-corrected chi connectivity index (χ1v) is 6.15. The molecule has 2 amide bonds. The lowest BCUT2D eigenvalue weighted by Gasteiger charge is -2.05. The number of amides is 2. The predicted octanol–water partition coefficient (Wildman–Crippen LogP) is 1.77. The second-order valence-electron chi connectivity index (χ2n) is 3.64. The number of primary amides is 1. The Labute approximate surface area is 115 Å². The zero-order valence-corrected chi connectivity index (χ0v) is 11.1. The van der Waals surface area contributed by atoms with Crippen molar-refractivity contribution in [1.29, 1.82) is 0 Å². The predicted molar refractivity (Wildman–Crippen MR) is 69.6 cm³/mol. The first kappa shape index (κ1) is 14.7. The summed E-state index contributed by atoms with van der Waals surface area (Å²) in [6.45, 7) is 0.427. The van der Waals surface area contributed by atoms with E-state index >= 15 is 0 Å². The standard InChI is InChI=1S/C11H13Cl2N3O2/c12-7-4-5-8(13)16-10(7)11(18)15-6-2-1-3-9(14)17/h4-5H,1-3,6H2,(H2,14,17)(H,15,18). The topological polar surface area (TPSA) is 85.1 Å². The van der Waals surface area contributed by atoms with Crippen LogP contribution in [0.15, 0.2) is 12.1 Å². The maximum Gasteiger partial charge on any atom is 0.271 e. The molecule has 0 unspecified atom stereocenters. The highest BCUT2D eigenvalue weighted by Gasteiger charge is 2.12. The summed E-state index contributed by atoms with van der Waals surface area (Å²) in [5, 5.41) is 3.10. The molecule has 0 fully saturated rings. The molecular formula is C11H13Cl2N3O2. The van der Waals surface area contributed by atoms with Crippen LogP contribution in [-0.4, -0.2) is 23.3 Å². The number of nitrogens with one attached hydrogen (secondary N) is 1. The van der Waals surface area contributed by atoms with Gasteiger partial charge in [-0.15, -0.1) is 0 Å². The molecule has 0 aliphatic carbocycles. The third-order valence-electron chi connectivity index (χ3n) is 2.16. The van der Waals surface area contributed by atoms with Gasteiger partial charge in [-0.2, -0.15) is 0 Å². The number of halogens is 2. The van der Waals surface area contributed by atoms with Crippen molar-refractivity contribution in [2.75, 3.05) is 6.54 Å². The number of nitrogens with two attached hydrogens (primary N) is 1. The fourth-order valence-electron chi connectivity index (χ4n) is 1.29. The van der Waals surface area contributed by atoms with Gasteiger partial charge in [-0.25, -0.2) is 4.98 Å². The largest absolute Gasteiger partial charge is 0.370 e. The van der Waals surface area contributed by atoms with Crippen molar-refractivity contribution in [2.45, 2.75) is 19.3 Å². The van der Waals surface area contributed by atoms with E-state index in [-0.39, 0.29) is 27.7 Å². The summed E-state index contributed by atoms with van der Waals surface area (Å²) in [5.41, 5.74) is 5.09. The molecule has 0 aliphatic heterocycles. The highest BCUT2D eigenvalue weighted by Crippen LogP contribution is 2.16. The number of nitrogens with zero attached hydrogens (tertiary/aromatic N) is 1. The molecule has 0 saturated heterocycles. The van der Waals surface area contributed by atoms with Gasteiger partial charge in [-0.1, -0.05) is 23.2 Å². The summed E-state index contributed by atoms with van der Waals surface area (Å²) >= 11 is 11.5. The van der Waals surface area contributed by atoms with Crippen molar-refractivity contribution in [3.05, 3.63) is 28.0 Å². The normalized spacial score (nSPS) is 10.1. The van der Waals surface area contributed by atoms with E-state index in [9.17, 15) is 9.59 Å². The Morgan fingerprint density at radius 2 is 2.00 bits per heavy atom. The van der Waals surface area contributed by atoms with Crippen molar-refractivity contribution < 1.29 is 9.59 Å². The van der Waals surface area contributed by atoms with Gasteiger partial charge in [0.25, 0.3) is 5.91 Å². The molecule has 0 spiro atoms. The highest BCUT2D eigenvalue weighted by molar-refractivity contribution is 6.34. The van der Waals surface area contributed by atoms with E-state index in [4.69, 9.17) is 28.9 Å². The van der Waals surface area contributed by atoms with Crippen LogP contribution in [0.3, 0.4) is 0 Å². The van der Waals surface area contributed by atoms with Crippen molar-refractivity contribution in [3.8, 4) is 0 Å². The summed E-state index contributed by atoms with van der Waals surface area (Å²) in [5.74, 6) is -0.734. The molecule has 1 aromatic heterocycles. The van der Waals surface area contributed by atoms with Crippen molar-refractivity contribution in [1.82, 2.24) is 10.3 Å². The van der Waals surface area contributed by atoms with E-state index in [1.165, 1.54) is 12.1 Å². The minimum Gasteiger partial charge on any atom is -0.370 e. The highest BCUT2D eigenvalue weighted by atomic mass is 35.5. The first-order valence-electron chi connectivity index (χ1n) is 5.39. The Morgan fingerprint density at radius 1 is 1.28 bits per heavy atom. The Morgan fingerprint density at radius 3 is 2.67 bits per heavy atom. The van der Waals surface area contributed by atoms with E-state index in [1.807, 2.05) is 0 Å². The van der Waals surface area contributed by atoms with Gasteiger partial charge in [0.15, 0.2) is 0 Å². The molecule has 0 saturated carbocycles. The molecule has 0 bridgehead atoms.